The summed E-state index contributed by atoms with van der Waals surface area (Å²) >= 11 is 1.75. The van der Waals surface area contributed by atoms with E-state index in [-0.39, 0.29) is 24.1 Å². The first kappa shape index (κ1) is 26.0. The van der Waals surface area contributed by atoms with E-state index in [9.17, 15) is 4.79 Å². The second-order valence-corrected chi connectivity index (χ2v) is 9.27. The third kappa shape index (κ3) is 7.70. The van der Waals surface area contributed by atoms with Gasteiger partial charge in [0, 0.05) is 28.7 Å². The third-order valence-electron chi connectivity index (χ3n) is 5.27. The van der Waals surface area contributed by atoms with E-state index in [1.807, 2.05) is 68.7 Å². The van der Waals surface area contributed by atoms with Gasteiger partial charge in [-0.2, -0.15) is 0 Å². The number of carbonyl (C=O) groups excluding carboxylic acids is 1. The molecule has 3 aromatic rings. The van der Waals surface area contributed by atoms with Gasteiger partial charge in [0.15, 0.2) is 5.78 Å². The van der Waals surface area contributed by atoms with Gasteiger partial charge >= 0.3 is 0 Å². The minimum Gasteiger partial charge on any atom is -0.489 e. The molecule has 0 aliphatic heterocycles. The number of carbonyl (C=O) groups is 1. The van der Waals surface area contributed by atoms with Crippen LogP contribution in [0.3, 0.4) is 0 Å². The van der Waals surface area contributed by atoms with Crippen molar-refractivity contribution in [3.8, 4) is 5.75 Å². The number of benzene rings is 3. The van der Waals surface area contributed by atoms with Gasteiger partial charge in [0.05, 0.1) is 0 Å². The van der Waals surface area contributed by atoms with Crippen molar-refractivity contribution in [1.29, 1.82) is 0 Å². The number of thioether (sulfide) groups is 1. The fourth-order valence-corrected chi connectivity index (χ4v) is 4.42. The molecule has 0 amide bonds. The molecule has 0 heterocycles. The van der Waals surface area contributed by atoms with Crippen molar-refractivity contribution in [3.63, 3.8) is 0 Å². The minimum atomic E-state index is -0.0716. The molecular formula is C27H32ClNO2S. The Labute approximate surface area is 202 Å². The van der Waals surface area contributed by atoms with Gasteiger partial charge in [-0.25, -0.2) is 0 Å². The Hall–Kier alpha value is -2.27. The number of rotatable bonds is 10. The Morgan fingerprint density at radius 1 is 0.938 bits per heavy atom. The molecule has 1 atom stereocenters. The molecule has 0 saturated carbocycles. The molecule has 0 radical (unpaired) electrons. The second-order valence-electron chi connectivity index (χ2n) is 8.18. The lowest BCUT2D eigenvalue weighted by molar-refractivity contribution is 0.0913. The SMILES string of the molecule is Cc1ccc(SCC(CN(C)C)C(=O)c2ccc(OCc3ccccc3)cc2)cc1C.Cl. The molecule has 0 fully saturated rings. The molecule has 0 spiro atoms. The van der Waals surface area contributed by atoms with Crippen LogP contribution < -0.4 is 4.74 Å². The van der Waals surface area contributed by atoms with E-state index < -0.39 is 0 Å². The van der Waals surface area contributed by atoms with Gasteiger partial charge in [0.25, 0.3) is 0 Å². The quantitative estimate of drug-likeness (QED) is 0.252. The maximum absolute atomic E-state index is 13.2. The summed E-state index contributed by atoms with van der Waals surface area (Å²) < 4.78 is 5.85. The Kier molecular flexibility index (Phi) is 10.3. The fourth-order valence-electron chi connectivity index (χ4n) is 3.34. The van der Waals surface area contributed by atoms with E-state index >= 15 is 0 Å². The largest absolute Gasteiger partial charge is 0.489 e. The van der Waals surface area contributed by atoms with Gasteiger partial charge in [-0.1, -0.05) is 36.4 Å². The van der Waals surface area contributed by atoms with Gasteiger partial charge in [0.2, 0.25) is 0 Å². The van der Waals surface area contributed by atoms with Crippen molar-refractivity contribution < 1.29 is 9.53 Å². The highest BCUT2D eigenvalue weighted by atomic mass is 35.5. The van der Waals surface area contributed by atoms with Crippen LogP contribution in [0.4, 0.5) is 0 Å². The van der Waals surface area contributed by atoms with Crippen LogP contribution in [-0.4, -0.2) is 37.1 Å². The first-order valence-corrected chi connectivity index (χ1v) is 11.6. The number of nitrogens with zero attached hydrogens (tertiary/aromatic N) is 1. The number of halogens is 1. The number of hydrogen-bond acceptors (Lipinski definition) is 4. The highest BCUT2D eigenvalue weighted by Crippen LogP contribution is 2.26. The Morgan fingerprint density at radius 3 is 2.25 bits per heavy atom. The van der Waals surface area contributed by atoms with Gasteiger partial charge in [-0.05, 0) is 81.0 Å². The molecule has 32 heavy (non-hydrogen) atoms. The third-order valence-corrected chi connectivity index (χ3v) is 6.43. The van der Waals surface area contributed by atoms with Crippen LogP contribution in [-0.2, 0) is 6.61 Å². The zero-order valence-corrected chi connectivity index (χ0v) is 20.8. The van der Waals surface area contributed by atoms with Crippen molar-refractivity contribution >= 4 is 30.0 Å². The maximum atomic E-state index is 13.2. The van der Waals surface area contributed by atoms with Crippen molar-refractivity contribution in [2.24, 2.45) is 5.92 Å². The van der Waals surface area contributed by atoms with E-state index in [2.05, 4.69) is 36.9 Å². The summed E-state index contributed by atoms with van der Waals surface area (Å²) in [4.78, 5) is 16.5. The molecule has 170 valence electrons. The molecule has 0 N–H and O–H groups in total. The first-order chi connectivity index (χ1) is 14.9. The standard InChI is InChI=1S/C27H31NO2S.ClH/c1-20-10-15-26(16-21(20)2)31-19-24(17-28(3)4)27(29)23-11-13-25(14-12-23)30-18-22-8-6-5-7-9-22;/h5-16,24H,17-19H2,1-4H3;1H. The predicted molar refractivity (Wildman–Crippen MR) is 137 cm³/mol. The van der Waals surface area contributed by atoms with Crippen LogP contribution in [0, 0.1) is 19.8 Å². The van der Waals surface area contributed by atoms with E-state index in [1.54, 1.807) is 11.8 Å². The normalized spacial score (nSPS) is 11.7. The smallest absolute Gasteiger partial charge is 0.168 e. The molecule has 0 bridgehead atoms. The number of ether oxygens (including phenoxy) is 1. The van der Waals surface area contributed by atoms with Gasteiger partial charge < -0.3 is 9.64 Å². The average Bonchev–Trinajstić information content (AvgIpc) is 2.78. The minimum absolute atomic E-state index is 0. The lowest BCUT2D eigenvalue weighted by Gasteiger charge is -2.20. The van der Waals surface area contributed by atoms with Crippen LogP contribution in [0.25, 0.3) is 0 Å². The maximum Gasteiger partial charge on any atom is 0.168 e. The van der Waals surface area contributed by atoms with Crippen LogP contribution in [0.5, 0.6) is 5.75 Å². The summed E-state index contributed by atoms with van der Waals surface area (Å²) in [6.07, 6.45) is 0. The summed E-state index contributed by atoms with van der Waals surface area (Å²) in [6.45, 7) is 5.49. The van der Waals surface area contributed by atoms with Crippen molar-refractivity contribution in [2.75, 3.05) is 26.4 Å². The van der Waals surface area contributed by atoms with Crippen molar-refractivity contribution in [3.05, 3.63) is 95.1 Å². The average molecular weight is 470 g/mol. The van der Waals surface area contributed by atoms with Crippen LogP contribution >= 0.6 is 24.2 Å². The fraction of sp³-hybridized carbons (Fsp3) is 0.296. The number of aryl methyl sites for hydroxylation is 2. The summed E-state index contributed by atoms with van der Waals surface area (Å²) in [5, 5.41) is 0. The zero-order chi connectivity index (χ0) is 22.2. The predicted octanol–water partition coefficient (Wildman–Crippen LogP) is 6.46. The summed E-state index contributed by atoms with van der Waals surface area (Å²) in [7, 11) is 4.03. The molecular weight excluding hydrogens is 438 g/mol. The van der Waals surface area contributed by atoms with E-state index in [1.165, 1.54) is 16.0 Å². The molecule has 0 aliphatic rings. The van der Waals surface area contributed by atoms with Crippen LogP contribution in [0.2, 0.25) is 0 Å². The van der Waals surface area contributed by atoms with Gasteiger partial charge in [0.1, 0.15) is 12.4 Å². The van der Waals surface area contributed by atoms with Gasteiger partial charge in [-0.3, -0.25) is 4.79 Å². The summed E-state index contributed by atoms with van der Waals surface area (Å²) in [5.41, 5.74) is 4.43. The Balaban J connectivity index is 0.00000363. The monoisotopic (exact) mass is 469 g/mol. The van der Waals surface area contributed by atoms with E-state index in [0.717, 1.165) is 29.2 Å². The van der Waals surface area contributed by atoms with Crippen molar-refractivity contribution in [2.45, 2.75) is 25.3 Å². The number of Topliss-reactive ketones (excluding diaryl/α,β-unsaturated/α-hetero) is 1. The highest BCUT2D eigenvalue weighted by molar-refractivity contribution is 7.99. The first-order valence-electron chi connectivity index (χ1n) is 10.6. The van der Waals surface area contributed by atoms with Crippen LogP contribution in [0.1, 0.15) is 27.0 Å². The van der Waals surface area contributed by atoms with E-state index in [4.69, 9.17) is 4.74 Å². The van der Waals surface area contributed by atoms with E-state index in [0.29, 0.717) is 6.61 Å². The lowest BCUT2D eigenvalue weighted by atomic mass is 9.99. The highest BCUT2D eigenvalue weighted by Gasteiger charge is 2.21. The molecule has 5 heteroatoms. The molecule has 0 aromatic heterocycles. The second kappa shape index (κ2) is 12.7. The topological polar surface area (TPSA) is 29.5 Å². The lowest BCUT2D eigenvalue weighted by Crippen LogP contribution is -2.29. The molecule has 3 rings (SSSR count). The van der Waals surface area contributed by atoms with Crippen LogP contribution in [0.15, 0.2) is 77.7 Å². The van der Waals surface area contributed by atoms with Crippen molar-refractivity contribution in [1.82, 2.24) is 4.90 Å². The molecule has 3 aromatic carbocycles. The molecule has 0 aliphatic carbocycles. The number of ketones is 1. The molecule has 1 unspecified atom stereocenters. The number of hydrogen-bond donors (Lipinski definition) is 0. The van der Waals surface area contributed by atoms with Gasteiger partial charge in [-0.15, -0.1) is 24.2 Å². The molecule has 3 nitrogen and oxygen atoms in total. The Bertz CT molecular complexity index is 990. The molecule has 0 saturated heterocycles. The summed E-state index contributed by atoms with van der Waals surface area (Å²) in [6, 6.07) is 24.1. The Morgan fingerprint density at radius 2 is 1.62 bits per heavy atom. The summed E-state index contributed by atoms with van der Waals surface area (Å²) in [5.74, 6) is 1.64. The zero-order valence-electron chi connectivity index (χ0n) is 19.2.